The summed E-state index contributed by atoms with van der Waals surface area (Å²) in [6.07, 6.45) is 0. The topological polar surface area (TPSA) is 4.93 Å². The van der Waals surface area contributed by atoms with Gasteiger partial charge in [0.05, 0.1) is 11.0 Å². The van der Waals surface area contributed by atoms with Crippen LogP contribution in [0.4, 0.5) is 0 Å². The molecule has 1 heterocycles. The van der Waals surface area contributed by atoms with Gasteiger partial charge in [-0.05, 0) is 249 Å². The summed E-state index contributed by atoms with van der Waals surface area (Å²) in [6.45, 7) is 0. The first-order chi connectivity index (χ1) is 64.1. The largest absolute Gasteiger partial charge is 0.309 e. The first kappa shape index (κ1) is 75.9. The van der Waals surface area contributed by atoms with Crippen LogP contribution in [0, 0.1) is 0 Å². The number of para-hydroxylation sites is 2. The molecular formula is C128H83N. The molecule has 0 bridgehead atoms. The van der Waals surface area contributed by atoms with Gasteiger partial charge in [-0.25, -0.2) is 0 Å². The Morgan fingerprint density at radius 1 is 0.116 bits per heavy atom. The van der Waals surface area contributed by atoms with Crippen LogP contribution in [-0.4, -0.2) is 4.57 Å². The highest BCUT2D eigenvalue weighted by molar-refractivity contribution is 6.31. The van der Waals surface area contributed by atoms with Crippen LogP contribution in [0.1, 0.15) is 0 Å². The summed E-state index contributed by atoms with van der Waals surface area (Å²) in [5.41, 5.74) is 26.3. The van der Waals surface area contributed by atoms with Gasteiger partial charge in [0.2, 0.25) is 0 Å². The highest BCUT2D eigenvalue weighted by Crippen LogP contribution is 2.52. The highest BCUT2D eigenvalue weighted by atomic mass is 15.0. The van der Waals surface area contributed by atoms with Crippen LogP contribution in [0.5, 0.6) is 0 Å². The first-order valence-corrected chi connectivity index (χ1v) is 44.7. The molecule has 1 nitrogen and oxygen atoms in total. The molecule has 26 aromatic rings. The molecule has 0 radical (unpaired) electrons. The molecule has 26 rings (SSSR count). The molecular weight excluding hydrogens is 1550 g/mol. The van der Waals surface area contributed by atoms with E-state index in [9.17, 15) is 0 Å². The maximum atomic E-state index is 2.39. The summed E-state index contributed by atoms with van der Waals surface area (Å²) >= 11 is 0. The summed E-state index contributed by atoms with van der Waals surface area (Å²) in [4.78, 5) is 0. The number of hydrogen-bond donors (Lipinski definition) is 0. The van der Waals surface area contributed by atoms with E-state index in [1.807, 2.05) is 0 Å². The maximum Gasteiger partial charge on any atom is 0.0541 e. The van der Waals surface area contributed by atoms with Crippen molar-refractivity contribution in [2.75, 3.05) is 0 Å². The zero-order chi connectivity index (χ0) is 85.2. The third-order valence-corrected chi connectivity index (χ3v) is 26.7. The van der Waals surface area contributed by atoms with Gasteiger partial charge in [0, 0.05) is 16.5 Å². The number of benzene rings is 25. The van der Waals surface area contributed by atoms with Gasteiger partial charge in [-0.2, -0.15) is 0 Å². The Hall–Kier alpha value is -16.8. The van der Waals surface area contributed by atoms with Crippen LogP contribution in [0.2, 0.25) is 0 Å². The van der Waals surface area contributed by atoms with Crippen LogP contribution >= 0.6 is 0 Å². The lowest BCUT2D eigenvalue weighted by Crippen LogP contribution is -1.95. The van der Waals surface area contributed by atoms with Gasteiger partial charge in [0.15, 0.2) is 0 Å². The van der Waals surface area contributed by atoms with E-state index in [2.05, 4.69) is 508 Å². The Morgan fingerprint density at radius 3 is 0.884 bits per heavy atom. The fourth-order valence-electron chi connectivity index (χ4n) is 20.9. The molecule has 0 fully saturated rings. The van der Waals surface area contributed by atoms with Gasteiger partial charge in [-0.15, -0.1) is 0 Å². The van der Waals surface area contributed by atoms with Crippen molar-refractivity contribution in [1.29, 1.82) is 0 Å². The second-order valence-electron chi connectivity index (χ2n) is 33.8. The lowest BCUT2D eigenvalue weighted by molar-refractivity contribution is 1.18. The third-order valence-electron chi connectivity index (χ3n) is 26.7. The molecule has 600 valence electrons. The van der Waals surface area contributed by atoms with Crippen molar-refractivity contribution in [2.24, 2.45) is 0 Å². The van der Waals surface area contributed by atoms with Crippen LogP contribution in [-0.2, 0) is 0 Å². The monoisotopic (exact) mass is 1630 g/mol. The Morgan fingerprint density at radius 2 is 0.395 bits per heavy atom. The molecule has 0 aliphatic heterocycles. The number of hydrogen-bond acceptors (Lipinski definition) is 0. The number of fused-ring (bicyclic) bond motifs is 16. The molecule has 129 heavy (non-hydrogen) atoms. The van der Waals surface area contributed by atoms with E-state index in [-0.39, 0.29) is 0 Å². The highest BCUT2D eigenvalue weighted by Gasteiger charge is 2.25. The van der Waals surface area contributed by atoms with Crippen molar-refractivity contribution < 1.29 is 0 Å². The Labute approximate surface area is 748 Å². The standard InChI is InChI=1S/C50H32.C42H27N.C36H24/c1-2-13-40-32-41(29-22-33(40)10-1)34-20-25-38(26-21-34)48-45-17-7-8-18-46(45)49(50-44-16-6-4-12-36(44)30-31-47(48)50)39-27-23-37(24-28-39)43-19-9-14-35-11-3-5-15-42(35)43;1-2-13-29(14-3-1)41-36-19-7-6-18-35(36)40(37-27-24-28-12-4-5-15-32(28)42(37)41)30-22-25-31(26-23-30)43-38-20-10-8-16-33(38)34-17-9-11-21-39(34)43;1-3-13-25(14-4-1)27-23-24-34(29-18-8-7-17-28(27)29)36-32-21-11-9-19-30(32)35(26-15-5-2-6-16-26)31-20-10-12-22-33(31)36/h1-32H;1-27H;1-24H. The molecule has 25 aromatic carbocycles. The molecule has 0 amide bonds. The first-order valence-electron chi connectivity index (χ1n) is 44.7. The molecule has 0 saturated heterocycles. The number of nitrogens with zero attached hydrogens (tertiary/aromatic N) is 1. The number of rotatable bonds is 10. The lowest BCUT2D eigenvalue weighted by atomic mass is 9.83. The fraction of sp³-hybridized carbons (Fsp3) is 0. The van der Waals surface area contributed by atoms with Gasteiger partial charge in [0.25, 0.3) is 0 Å². The van der Waals surface area contributed by atoms with E-state index < -0.39 is 0 Å². The van der Waals surface area contributed by atoms with Crippen LogP contribution in [0.15, 0.2) is 504 Å². The minimum atomic E-state index is 1.17. The zero-order valence-electron chi connectivity index (χ0n) is 70.9. The summed E-state index contributed by atoms with van der Waals surface area (Å²) in [7, 11) is 0. The summed E-state index contributed by atoms with van der Waals surface area (Å²) < 4.78 is 2.39. The minimum absolute atomic E-state index is 1.17. The zero-order valence-corrected chi connectivity index (χ0v) is 70.9. The normalized spacial score (nSPS) is 11.6. The SMILES string of the molecule is c1ccc(-c2c3ccccc3c(-c3ccc(-n4c5ccccc5c5ccccc54)cc3)c3ccc4ccccc4c23)cc1.c1ccc(-c2ccc(-c3c4ccccc4c(-c4ccccc4)c4ccccc34)c3ccccc23)cc1.c1ccc2cc(-c3ccc(-c4c5ccccc5c(-c5ccc(-c6cccc7ccccc67)cc5)c5c4ccc4ccccc45)cc3)ccc2c1. The average Bonchev–Trinajstić information content (AvgIpc) is 1.14. The van der Waals surface area contributed by atoms with Gasteiger partial charge in [-0.3, -0.25) is 0 Å². The molecule has 1 aromatic heterocycles. The summed E-state index contributed by atoms with van der Waals surface area (Å²) in [5.74, 6) is 0. The fourth-order valence-corrected chi connectivity index (χ4v) is 20.9. The maximum absolute atomic E-state index is 2.39. The van der Waals surface area contributed by atoms with Gasteiger partial charge < -0.3 is 4.57 Å². The second-order valence-corrected chi connectivity index (χ2v) is 33.8. The molecule has 0 spiro atoms. The predicted octanol–water partition coefficient (Wildman–Crippen LogP) is 35.8. The molecule has 0 saturated carbocycles. The Kier molecular flexibility index (Phi) is 19.0. The molecule has 0 unspecified atom stereocenters. The van der Waals surface area contributed by atoms with Gasteiger partial charge in [-0.1, -0.05) is 473 Å². The van der Waals surface area contributed by atoms with E-state index in [1.54, 1.807) is 0 Å². The van der Waals surface area contributed by atoms with Crippen molar-refractivity contribution in [3.8, 4) is 106 Å². The van der Waals surface area contributed by atoms with Crippen molar-refractivity contribution in [2.45, 2.75) is 0 Å². The van der Waals surface area contributed by atoms with Crippen molar-refractivity contribution in [3.05, 3.63) is 504 Å². The Bertz CT molecular complexity index is 8760. The molecule has 0 N–H and O–H groups in total. The number of aromatic nitrogens is 1. The summed E-state index contributed by atoms with van der Waals surface area (Å²) in [5, 5.41) is 30.6. The quantitative estimate of drug-likeness (QED) is 0.0950. The second kappa shape index (κ2) is 32.4. The van der Waals surface area contributed by atoms with Crippen molar-refractivity contribution in [1.82, 2.24) is 4.57 Å². The van der Waals surface area contributed by atoms with Crippen molar-refractivity contribution in [3.63, 3.8) is 0 Å². The predicted molar refractivity (Wildman–Crippen MR) is 555 cm³/mol. The minimum Gasteiger partial charge on any atom is -0.309 e. The molecule has 0 aliphatic carbocycles. The van der Waals surface area contributed by atoms with Crippen LogP contribution in [0.25, 0.3) is 246 Å². The van der Waals surface area contributed by atoms with E-state index in [0.29, 0.717) is 0 Å². The average molecular weight is 1640 g/mol. The Balaban J connectivity index is 0.000000109. The van der Waals surface area contributed by atoms with Crippen LogP contribution < -0.4 is 0 Å². The van der Waals surface area contributed by atoms with Crippen molar-refractivity contribution >= 4 is 140 Å². The molecule has 0 atom stereocenters. The molecule has 0 aliphatic rings. The lowest BCUT2D eigenvalue weighted by Gasteiger charge is -2.20. The van der Waals surface area contributed by atoms with Gasteiger partial charge >= 0.3 is 0 Å². The van der Waals surface area contributed by atoms with E-state index >= 15 is 0 Å². The van der Waals surface area contributed by atoms with Crippen LogP contribution in [0.3, 0.4) is 0 Å². The smallest absolute Gasteiger partial charge is 0.0541 e. The van der Waals surface area contributed by atoms with E-state index in [4.69, 9.17) is 0 Å². The van der Waals surface area contributed by atoms with E-state index in [0.717, 1.165) is 0 Å². The summed E-state index contributed by atoms with van der Waals surface area (Å²) in [6, 6.07) is 184. The van der Waals surface area contributed by atoms with E-state index in [1.165, 1.54) is 246 Å². The molecule has 1 heteroatoms. The van der Waals surface area contributed by atoms with Gasteiger partial charge in [0.1, 0.15) is 0 Å². The third kappa shape index (κ3) is 13.3.